The Hall–Kier alpha value is -0.950. The van der Waals surface area contributed by atoms with Gasteiger partial charge < -0.3 is 5.73 Å². The second-order valence-electron chi connectivity index (χ2n) is 2.46. The van der Waals surface area contributed by atoms with Crippen molar-refractivity contribution in [3.63, 3.8) is 0 Å². The molecule has 0 aromatic carbocycles. The van der Waals surface area contributed by atoms with Gasteiger partial charge in [0.1, 0.15) is 0 Å². The number of nitrogens with zero attached hydrogens (tertiary/aromatic N) is 4. The number of rotatable bonds is 2. The summed E-state index contributed by atoms with van der Waals surface area (Å²) in [5.74, 6) is 0.489. The Bertz CT molecular complexity index is 376. The van der Waals surface area contributed by atoms with Crippen molar-refractivity contribution in [1.82, 2.24) is 18.5 Å². The first-order valence-electron chi connectivity index (χ1n) is 3.50. The van der Waals surface area contributed by atoms with E-state index in [4.69, 9.17) is 5.73 Å². The highest BCUT2D eigenvalue weighted by molar-refractivity contribution is 9.10. The Balaban J connectivity index is 2.19. The maximum Gasteiger partial charge on any atom is 0.159 e. The lowest BCUT2D eigenvalue weighted by Crippen LogP contribution is -2.00. The van der Waals surface area contributed by atoms with Crippen molar-refractivity contribution < 1.29 is 0 Å². The van der Waals surface area contributed by atoms with E-state index in [1.807, 2.05) is 6.20 Å². The second-order valence-corrected chi connectivity index (χ2v) is 3.87. The minimum Gasteiger partial charge on any atom is -0.381 e. The van der Waals surface area contributed by atoms with Crippen LogP contribution in [-0.4, -0.2) is 18.5 Å². The van der Waals surface area contributed by atoms with Crippen LogP contribution in [0.15, 0.2) is 16.9 Å². The molecule has 2 N–H and O–H groups in total. The molecule has 13 heavy (non-hydrogen) atoms. The van der Waals surface area contributed by atoms with Crippen LogP contribution in [0.3, 0.4) is 0 Å². The van der Waals surface area contributed by atoms with Crippen molar-refractivity contribution in [2.24, 2.45) is 0 Å². The highest BCUT2D eigenvalue weighted by atomic mass is 79.9. The molecule has 2 aromatic heterocycles. The van der Waals surface area contributed by atoms with Gasteiger partial charge in [-0.2, -0.15) is 13.8 Å². The zero-order valence-electron chi connectivity index (χ0n) is 6.51. The average Bonchev–Trinajstić information content (AvgIpc) is 2.64. The highest BCUT2D eigenvalue weighted by Gasteiger charge is 2.03. The van der Waals surface area contributed by atoms with Crippen molar-refractivity contribution >= 4 is 33.5 Å². The summed E-state index contributed by atoms with van der Waals surface area (Å²) in [6.45, 7) is 0.603. The number of halogens is 1. The second kappa shape index (κ2) is 3.43. The van der Waals surface area contributed by atoms with Gasteiger partial charge in [0.2, 0.25) is 0 Å². The van der Waals surface area contributed by atoms with E-state index >= 15 is 0 Å². The van der Waals surface area contributed by atoms with Crippen LogP contribution in [-0.2, 0) is 6.54 Å². The molecule has 0 unspecified atom stereocenters. The Kier molecular flexibility index (Phi) is 2.28. The molecule has 68 valence electrons. The molecule has 2 rings (SSSR count). The molecule has 5 nitrogen and oxygen atoms in total. The van der Waals surface area contributed by atoms with Crippen molar-refractivity contribution in [2.75, 3.05) is 5.73 Å². The van der Waals surface area contributed by atoms with Crippen molar-refractivity contribution in [3.8, 4) is 0 Å². The third kappa shape index (κ3) is 1.86. The fourth-order valence-electron chi connectivity index (χ4n) is 0.913. The van der Waals surface area contributed by atoms with E-state index in [0.29, 0.717) is 12.4 Å². The Labute approximate surface area is 87.0 Å². The largest absolute Gasteiger partial charge is 0.381 e. The molecule has 0 radical (unpaired) electrons. The molecule has 0 bridgehead atoms. The smallest absolute Gasteiger partial charge is 0.159 e. The molecule has 2 heterocycles. The highest BCUT2D eigenvalue weighted by Crippen LogP contribution is 2.16. The first-order valence-corrected chi connectivity index (χ1v) is 5.03. The molecule has 0 aliphatic heterocycles. The minimum absolute atomic E-state index is 0.489. The van der Waals surface area contributed by atoms with E-state index in [1.54, 1.807) is 10.9 Å². The van der Waals surface area contributed by atoms with Crippen molar-refractivity contribution in [1.29, 1.82) is 0 Å². The monoisotopic (exact) mass is 259 g/mol. The van der Waals surface area contributed by atoms with Crippen LogP contribution in [0, 0.1) is 0 Å². The molecule has 2 aromatic rings. The number of hydrogen-bond acceptors (Lipinski definition) is 5. The maximum atomic E-state index is 5.56. The van der Waals surface area contributed by atoms with Gasteiger partial charge in [-0.05, 0) is 15.9 Å². The summed E-state index contributed by atoms with van der Waals surface area (Å²) >= 11 is 4.46. The summed E-state index contributed by atoms with van der Waals surface area (Å²) in [5.41, 5.74) is 6.45. The molecular formula is C6H6BrN5S. The molecule has 0 spiro atoms. The lowest BCUT2D eigenvalue weighted by Gasteiger charge is -1.94. The Morgan fingerprint density at radius 2 is 2.46 bits per heavy atom. The van der Waals surface area contributed by atoms with E-state index in [9.17, 15) is 0 Å². The SMILES string of the molecule is Nc1nn(Cc2cnsn2)cc1Br. The summed E-state index contributed by atoms with van der Waals surface area (Å²) in [7, 11) is 0. The first-order chi connectivity index (χ1) is 6.25. The third-order valence-electron chi connectivity index (χ3n) is 1.47. The summed E-state index contributed by atoms with van der Waals surface area (Å²) in [6, 6.07) is 0. The number of anilines is 1. The molecular weight excluding hydrogens is 254 g/mol. The molecule has 0 atom stereocenters. The van der Waals surface area contributed by atoms with Crippen LogP contribution >= 0.6 is 27.7 Å². The van der Waals surface area contributed by atoms with Crippen LogP contribution in [0.5, 0.6) is 0 Å². The fraction of sp³-hybridized carbons (Fsp3) is 0.167. The minimum atomic E-state index is 0.489. The quantitative estimate of drug-likeness (QED) is 0.878. The van der Waals surface area contributed by atoms with Crippen molar-refractivity contribution in [2.45, 2.75) is 6.54 Å². The van der Waals surface area contributed by atoms with Gasteiger partial charge >= 0.3 is 0 Å². The van der Waals surface area contributed by atoms with E-state index in [-0.39, 0.29) is 0 Å². The molecule has 0 amide bonds. The number of nitrogen functional groups attached to an aromatic ring is 1. The van der Waals surface area contributed by atoms with Gasteiger partial charge in [-0.15, -0.1) is 0 Å². The van der Waals surface area contributed by atoms with Gasteiger partial charge in [-0.1, -0.05) is 0 Å². The summed E-state index contributed by atoms with van der Waals surface area (Å²) < 4.78 is 10.5. The van der Waals surface area contributed by atoms with Crippen LogP contribution in [0.2, 0.25) is 0 Å². The standard InChI is InChI=1S/C6H6BrN5S/c7-5-3-12(10-6(5)8)2-4-1-9-13-11-4/h1,3H,2H2,(H2,8,10). The lowest BCUT2D eigenvalue weighted by molar-refractivity contribution is 0.680. The fourth-order valence-corrected chi connectivity index (χ4v) is 1.65. The predicted octanol–water partition coefficient (Wildman–Crippen LogP) is 1.13. The molecule has 0 saturated heterocycles. The Morgan fingerprint density at radius 3 is 3.00 bits per heavy atom. The maximum absolute atomic E-state index is 5.56. The van der Waals surface area contributed by atoms with E-state index in [2.05, 4.69) is 29.8 Å². The number of nitrogens with two attached hydrogens (primary N) is 1. The zero-order valence-corrected chi connectivity index (χ0v) is 8.92. The van der Waals surface area contributed by atoms with Gasteiger partial charge in [0, 0.05) is 6.20 Å². The van der Waals surface area contributed by atoms with Crippen LogP contribution in [0.1, 0.15) is 5.69 Å². The summed E-state index contributed by atoms with van der Waals surface area (Å²) in [4.78, 5) is 0. The van der Waals surface area contributed by atoms with E-state index in [0.717, 1.165) is 10.2 Å². The van der Waals surface area contributed by atoms with Gasteiger partial charge in [-0.25, -0.2) is 0 Å². The summed E-state index contributed by atoms with van der Waals surface area (Å²) in [6.07, 6.45) is 3.53. The van der Waals surface area contributed by atoms with Gasteiger partial charge in [0.05, 0.1) is 34.6 Å². The van der Waals surface area contributed by atoms with Crippen LogP contribution in [0.25, 0.3) is 0 Å². The molecule has 0 aliphatic rings. The molecule has 7 heteroatoms. The first kappa shape index (κ1) is 8.64. The number of hydrogen-bond donors (Lipinski definition) is 1. The van der Waals surface area contributed by atoms with Crippen LogP contribution < -0.4 is 5.73 Å². The van der Waals surface area contributed by atoms with Gasteiger partial charge in [-0.3, -0.25) is 4.68 Å². The van der Waals surface area contributed by atoms with Crippen LogP contribution in [0.4, 0.5) is 5.82 Å². The molecule has 0 aliphatic carbocycles. The lowest BCUT2D eigenvalue weighted by atomic mass is 10.5. The van der Waals surface area contributed by atoms with Gasteiger partial charge in [0.15, 0.2) is 5.82 Å². The summed E-state index contributed by atoms with van der Waals surface area (Å²) in [5, 5.41) is 4.07. The zero-order chi connectivity index (χ0) is 9.26. The van der Waals surface area contributed by atoms with Gasteiger partial charge in [0.25, 0.3) is 0 Å². The van der Waals surface area contributed by atoms with E-state index in [1.165, 1.54) is 11.7 Å². The Morgan fingerprint density at radius 1 is 1.62 bits per heavy atom. The topological polar surface area (TPSA) is 69.6 Å². The molecule has 0 fully saturated rings. The third-order valence-corrected chi connectivity index (χ3v) is 2.60. The molecule has 0 saturated carbocycles. The normalized spacial score (nSPS) is 10.5. The average molecular weight is 260 g/mol. The predicted molar refractivity (Wildman–Crippen MR) is 53.4 cm³/mol. The number of aromatic nitrogens is 4. The van der Waals surface area contributed by atoms with E-state index < -0.39 is 0 Å². The van der Waals surface area contributed by atoms with Crippen molar-refractivity contribution in [3.05, 3.63) is 22.6 Å².